The fourth-order valence-corrected chi connectivity index (χ4v) is 1.59. The Hall–Kier alpha value is -1.21. The number of halogens is 1. The molecular weight excluding hydrogens is 264 g/mol. The van der Waals surface area contributed by atoms with Crippen molar-refractivity contribution in [2.75, 3.05) is 13.6 Å². The number of nitrogens with zero attached hydrogens (tertiary/aromatic N) is 3. The van der Waals surface area contributed by atoms with E-state index in [0.717, 1.165) is 5.57 Å². The van der Waals surface area contributed by atoms with E-state index in [9.17, 15) is 10.1 Å². The first-order valence-corrected chi connectivity index (χ1v) is 5.02. The average molecular weight is 275 g/mol. The molecule has 1 N–H and O–H groups in total. The van der Waals surface area contributed by atoms with Gasteiger partial charge in [-0.3, -0.25) is 0 Å². The molecule has 1 heterocycles. The maximum Gasteiger partial charge on any atom is 0.404 e. The van der Waals surface area contributed by atoms with Gasteiger partial charge in [0.15, 0.2) is 0 Å². The zero-order chi connectivity index (χ0) is 11.4. The SMILES string of the molecule is C=C(CNC)Cn1cc(Br)c([N+](=O)[O-])n1. The van der Waals surface area contributed by atoms with Crippen LogP contribution in [0.25, 0.3) is 0 Å². The average Bonchev–Trinajstić information content (AvgIpc) is 2.47. The minimum Gasteiger partial charge on any atom is -0.358 e. The highest BCUT2D eigenvalue weighted by atomic mass is 79.9. The van der Waals surface area contributed by atoms with Crippen molar-refractivity contribution in [1.82, 2.24) is 15.1 Å². The molecule has 0 atom stereocenters. The van der Waals surface area contributed by atoms with Crippen LogP contribution < -0.4 is 5.32 Å². The molecule has 0 bridgehead atoms. The first kappa shape index (κ1) is 11.9. The summed E-state index contributed by atoms with van der Waals surface area (Å²) in [5.41, 5.74) is 0.905. The standard InChI is InChI=1S/C8H11BrN4O2/c1-6(3-10-2)4-12-5-7(9)8(11-12)13(14)15/h5,10H,1,3-4H2,2H3. The van der Waals surface area contributed by atoms with Crippen molar-refractivity contribution in [3.05, 3.63) is 32.9 Å². The lowest BCUT2D eigenvalue weighted by Gasteiger charge is -2.00. The lowest BCUT2D eigenvalue weighted by molar-refractivity contribution is -0.390. The zero-order valence-corrected chi connectivity index (χ0v) is 9.82. The van der Waals surface area contributed by atoms with Gasteiger partial charge in [0, 0.05) is 6.54 Å². The Morgan fingerprint density at radius 3 is 3.00 bits per heavy atom. The molecular formula is C8H11BrN4O2. The van der Waals surface area contributed by atoms with E-state index in [1.54, 1.807) is 6.20 Å². The summed E-state index contributed by atoms with van der Waals surface area (Å²) in [5.74, 6) is -0.174. The predicted octanol–water partition coefficient (Wildman–Crippen LogP) is 1.33. The second-order valence-electron chi connectivity index (χ2n) is 3.04. The fraction of sp³-hybridized carbons (Fsp3) is 0.375. The highest BCUT2D eigenvalue weighted by Gasteiger charge is 2.18. The van der Waals surface area contributed by atoms with Crippen LogP contribution in [0.1, 0.15) is 0 Å². The van der Waals surface area contributed by atoms with Gasteiger partial charge in [-0.1, -0.05) is 6.58 Å². The maximum atomic E-state index is 10.5. The minimum atomic E-state index is -0.526. The van der Waals surface area contributed by atoms with Crippen molar-refractivity contribution in [2.24, 2.45) is 0 Å². The van der Waals surface area contributed by atoms with Crippen LogP contribution in [0.2, 0.25) is 0 Å². The molecule has 0 saturated heterocycles. The molecule has 0 amide bonds. The summed E-state index contributed by atoms with van der Waals surface area (Å²) in [6.45, 7) is 4.94. The molecule has 0 aliphatic carbocycles. The summed E-state index contributed by atoms with van der Waals surface area (Å²) in [5, 5.41) is 17.3. The van der Waals surface area contributed by atoms with Crippen molar-refractivity contribution in [2.45, 2.75) is 6.54 Å². The minimum absolute atomic E-state index is 0.174. The quantitative estimate of drug-likeness (QED) is 0.500. The molecule has 0 aliphatic heterocycles. The molecule has 82 valence electrons. The van der Waals surface area contributed by atoms with E-state index in [1.807, 2.05) is 7.05 Å². The number of hydrogen-bond donors (Lipinski definition) is 1. The molecule has 7 heteroatoms. The summed E-state index contributed by atoms with van der Waals surface area (Å²) in [6, 6.07) is 0. The van der Waals surface area contributed by atoms with Crippen LogP contribution in [0.15, 0.2) is 22.8 Å². The monoisotopic (exact) mass is 274 g/mol. The molecule has 0 aromatic carbocycles. The zero-order valence-electron chi connectivity index (χ0n) is 8.23. The lowest BCUT2D eigenvalue weighted by atomic mass is 10.3. The van der Waals surface area contributed by atoms with E-state index in [-0.39, 0.29) is 5.82 Å². The second-order valence-corrected chi connectivity index (χ2v) is 3.89. The van der Waals surface area contributed by atoms with Crippen LogP contribution in [0.3, 0.4) is 0 Å². The molecule has 6 nitrogen and oxygen atoms in total. The van der Waals surface area contributed by atoms with Crippen molar-refractivity contribution < 1.29 is 4.92 Å². The smallest absolute Gasteiger partial charge is 0.358 e. The Morgan fingerprint density at radius 2 is 2.53 bits per heavy atom. The molecule has 1 aromatic heterocycles. The number of aromatic nitrogens is 2. The van der Waals surface area contributed by atoms with Gasteiger partial charge in [0.1, 0.15) is 4.47 Å². The summed E-state index contributed by atoms with van der Waals surface area (Å²) in [6.07, 6.45) is 1.57. The van der Waals surface area contributed by atoms with Gasteiger partial charge in [0.2, 0.25) is 0 Å². The van der Waals surface area contributed by atoms with Crippen LogP contribution in [-0.4, -0.2) is 28.3 Å². The van der Waals surface area contributed by atoms with Gasteiger partial charge in [0.05, 0.1) is 17.8 Å². The Kier molecular flexibility index (Phi) is 3.98. The summed E-state index contributed by atoms with van der Waals surface area (Å²) in [4.78, 5) is 9.99. The van der Waals surface area contributed by atoms with E-state index in [4.69, 9.17) is 0 Å². The molecule has 0 spiro atoms. The Balaban J connectivity index is 2.75. The molecule has 15 heavy (non-hydrogen) atoms. The topological polar surface area (TPSA) is 73.0 Å². The number of nitrogens with one attached hydrogen (secondary N) is 1. The van der Waals surface area contributed by atoms with E-state index in [0.29, 0.717) is 17.6 Å². The van der Waals surface area contributed by atoms with Gasteiger partial charge in [-0.2, -0.15) is 4.68 Å². The third-order valence-corrected chi connectivity index (χ3v) is 2.24. The number of nitro groups is 1. The molecule has 0 saturated carbocycles. The highest BCUT2D eigenvalue weighted by molar-refractivity contribution is 9.10. The number of hydrogen-bond acceptors (Lipinski definition) is 4. The molecule has 1 rings (SSSR count). The molecule has 0 unspecified atom stereocenters. The molecule has 1 aromatic rings. The summed E-state index contributed by atoms with van der Waals surface area (Å²) >= 11 is 3.08. The Morgan fingerprint density at radius 1 is 1.87 bits per heavy atom. The van der Waals surface area contributed by atoms with Gasteiger partial charge in [-0.25, -0.2) is 0 Å². The molecule has 0 fully saturated rings. The van der Waals surface area contributed by atoms with Gasteiger partial charge >= 0.3 is 5.82 Å². The Labute approximate surface area is 95.2 Å². The molecule has 0 aliphatic rings. The van der Waals surface area contributed by atoms with Gasteiger partial charge in [-0.05, 0) is 33.5 Å². The van der Waals surface area contributed by atoms with E-state index >= 15 is 0 Å². The largest absolute Gasteiger partial charge is 0.404 e. The first-order chi connectivity index (χ1) is 7.04. The van der Waals surface area contributed by atoms with Crippen LogP contribution in [0.5, 0.6) is 0 Å². The van der Waals surface area contributed by atoms with Gasteiger partial charge < -0.3 is 15.4 Å². The van der Waals surface area contributed by atoms with Crippen molar-refractivity contribution in [1.29, 1.82) is 0 Å². The second kappa shape index (κ2) is 5.04. The van der Waals surface area contributed by atoms with E-state index < -0.39 is 4.92 Å². The van der Waals surface area contributed by atoms with Gasteiger partial charge in [-0.15, -0.1) is 0 Å². The predicted molar refractivity (Wildman–Crippen MR) is 59.6 cm³/mol. The lowest BCUT2D eigenvalue weighted by Crippen LogP contribution is -2.14. The summed E-state index contributed by atoms with van der Waals surface area (Å²) in [7, 11) is 1.81. The van der Waals surface area contributed by atoms with Crippen molar-refractivity contribution >= 4 is 21.7 Å². The molecule has 0 radical (unpaired) electrons. The highest BCUT2D eigenvalue weighted by Crippen LogP contribution is 2.22. The van der Waals surface area contributed by atoms with Crippen molar-refractivity contribution in [3.63, 3.8) is 0 Å². The van der Waals surface area contributed by atoms with Gasteiger partial charge in [0.25, 0.3) is 0 Å². The van der Waals surface area contributed by atoms with Crippen LogP contribution in [0, 0.1) is 10.1 Å². The van der Waals surface area contributed by atoms with Crippen LogP contribution in [0.4, 0.5) is 5.82 Å². The van der Waals surface area contributed by atoms with Crippen molar-refractivity contribution in [3.8, 4) is 0 Å². The fourth-order valence-electron chi connectivity index (χ4n) is 1.13. The third-order valence-electron chi connectivity index (χ3n) is 1.68. The Bertz CT molecular complexity index is 388. The summed E-state index contributed by atoms with van der Waals surface area (Å²) < 4.78 is 1.87. The maximum absolute atomic E-state index is 10.5. The first-order valence-electron chi connectivity index (χ1n) is 4.23. The van der Waals surface area contributed by atoms with E-state index in [2.05, 4.69) is 32.9 Å². The number of likely N-dealkylation sites (N-methyl/N-ethyl adjacent to an activating group) is 1. The normalized spacial score (nSPS) is 10.3. The third kappa shape index (κ3) is 3.14. The van der Waals surface area contributed by atoms with Crippen LogP contribution in [-0.2, 0) is 6.54 Å². The number of rotatable bonds is 5. The van der Waals surface area contributed by atoms with Crippen LogP contribution >= 0.6 is 15.9 Å². The van der Waals surface area contributed by atoms with E-state index in [1.165, 1.54) is 4.68 Å².